The molecule has 0 aliphatic heterocycles. The molecule has 92 valence electrons. The van der Waals surface area contributed by atoms with Gasteiger partial charge in [0.15, 0.2) is 0 Å². The van der Waals surface area contributed by atoms with E-state index in [2.05, 4.69) is 50.8 Å². The lowest BCUT2D eigenvalue weighted by molar-refractivity contribution is 0.641. The van der Waals surface area contributed by atoms with Crippen LogP contribution in [0.5, 0.6) is 0 Å². The zero-order valence-electron chi connectivity index (χ0n) is 11.5. The largest absolute Gasteiger partial charge is 0.0979 e. The van der Waals surface area contributed by atoms with Crippen LogP contribution in [0.4, 0.5) is 0 Å². The molecule has 17 heavy (non-hydrogen) atoms. The molecule has 0 heterocycles. The molecule has 0 aliphatic rings. The van der Waals surface area contributed by atoms with Crippen molar-refractivity contribution in [2.75, 3.05) is 0 Å². The van der Waals surface area contributed by atoms with E-state index in [0.717, 1.165) is 6.42 Å². The van der Waals surface area contributed by atoms with E-state index in [4.69, 9.17) is 0 Å². The maximum atomic E-state index is 3.30. The Hall–Kier alpha value is -1.22. The van der Waals surface area contributed by atoms with E-state index in [1.807, 2.05) is 0 Å². The Morgan fingerprint density at radius 3 is 2.53 bits per heavy atom. The van der Waals surface area contributed by atoms with E-state index in [-0.39, 0.29) is 0 Å². The van der Waals surface area contributed by atoms with Crippen molar-refractivity contribution in [3.8, 4) is 11.8 Å². The van der Waals surface area contributed by atoms with Gasteiger partial charge < -0.3 is 0 Å². The summed E-state index contributed by atoms with van der Waals surface area (Å²) in [5, 5.41) is 0. The smallest absolute Gasteiger partial charge is 0.0277 e. The summed E-state index contributed by atoms with van der Waals surface area (Å²) < 4.78 is 0. The second-order valence-corrected chi connectivity index (χ2v) is 4.71. The van der Waals surface area contributed by atoms with Crippen molar-refractivity contribution in [3.05, 3.63) is 34.9 Å². The van der Waals surface area contributed by atoms with Gasteiger partial charge in [-0.2, -0.15) is 0 Å². The Kier molecular flexibility index (Phi) is 6.48. The monoisotopic (exact) mass is 228 g/mol. The van der Waals surface area contributed by atoms with Crippen LogP contribution in [0.15, 0.2) is 18.2 Å². The molecule has 0 amide bonds. The lowest BCUT2D eigenvalue weighted by Crippen LogP contribution is -1.85. The highest BCUT2D eigenvalue weighted by Crippen LogP contribution is 2.11. The fourth-order valence-corrected chi connectivity index (χ4v) is 1.86. The molecule has 0 unspecified atom stereocenters. The van der Waals surface area contributed by atoms with Crippen LogP contribution >= 0.6 is 0 Å². The Morgan fingerprint density at radius 1 is 1.00 bits per heavy atom. The first kappa shape index (κ1) is 13.8. The van der Waals surface area contributed by atoms with Crippen LogP contribution < -0.4 is 0 Å². The number of rotatable bonds is 5. The highest BCUT2D eigenvalue weighted by atomic mass is 14.0. The summed E-state index contributed by atoms with van der Waals surface area (Å²) in [5.41, 5.74) is 3.85. The van der Waals surface area contributed by atoms with Crippen molar-refractivity contribution in [2.24, 2.45) is 0 Å². The standard InChI is InChI=1S/C17H24/c1-4-5-6-7-8-9-10-13-17-14-11-12-15(2)16(17)3/h11-12,14H,4-9H2,1-3H3. The molecule has 1 rings (SSSR count). The zero-order chi connectivity index (χ0) is 12.5. The van der Waals surface area contributed by atoms with Crippen molar-refractivity contribution < 1.29 is 0 Å². The maximum Gasteiger partial charge on any atom is 0.0277 e. The van der Waals surface area contributed by atoms with Crippen LogP contribution in [0.2, 0.25) is 0 Å². The molecule has 0 heteroatoms. The Morgan fingerprint density at radius 2 is 1.76 bits per heavy atom. The van der Waals surface area contributed by atoms with Gasteiger partial charge in [0.1, 0.15) is 0 Å². The number of unbranched alkanes of at least 4 members (excludes halogenated alkanes) is 5. The van der Waals surface area contributed by atoms with Gasteiger partial charge in [0.25, 0.3) is 0 Å². The van der Waals surface area contributed by atoms with Gasteiger partial charge in [-0.15, -0.1) is 0 Å². The molecule has 0 saturated carbocycles. The predicted octanol–water partition coefficient (Wildman–Crippen LogP) is 5.02. The summed E-state index contributed by atoms with van der Waals surface area (Å²) in [7, 11) is 0. The van der Waals surface area contributed by atoms with Crippen LogP contribution in [0.3, 0.4) is 0 Å². The third-order valence-corrected chi connectivity index (χ3v) is 3.23. The molecule has 0 bridgehead atoms. The minimum atomic E-state index is 1.04. The first-order valence-electron chi connectivity index (χ1n) is 6.80. The van der Waals surface area contributed by atoms with Crippen molar-refractivity contribution in [2.45, 2.75) is 59.3 Å². The van der Waals surface area contributed by atoms with Crippen LogP contribution in [-0.4, -0.2) is 0 Å². The van der Waals surface area contributed by atoms with Gasteiger partial charge in [-0.3, -0.25) is 0 Å². The first-order valence-corrected chi connectivity index (χ1v) is 6.80. The third kappa shape index (κ3) is 5.09. The van der Waals surface area contributed by atoms with Crippen molar-refractivity contribution >= 4 is 0 Å². The lowest BCUT2D eigenvalue weighted by Gasteiger charge is -2.01. The number of benzene rings is 1. The molecular weight excluding hydrogens is 204 g/mol. The molecular formula is C17H24. The second kappa shape index (κ2) is 7.96. The van der Waals surface area contributed by atoms with Crippen molar-refractivity contribution in [3.63, 3.8) is 0 Å². The highest BCUT2D eigenvalue weighted by molar-refractivity contribution is 5.44. The Bertz CT molecular complexity index is 390. The number of hydrogen-bond donors (Lipinski definition) is 0. The summed E-state index contributed by atoms with van der Waals surface area (Å²) in [5.74, 6) is 6.59. The SMILES string of the molecule is CCCCCCCC#Cc1cccc(C)c1C. The van der Waals surface area contributed by atoms with Crippen molar-refractivity contribution in [1.29, 1.82) is 0 Å². The molecule has 1 aromatic carbocycles. The highest BCUT2D eigenvalue weighted by Gasteiger charge is 1.95. The van der Waals surface area contributed by atoms with E-state index in [0.29, 0.717) is 0 Å². The lowest BCUT2D eigenvalue weighted by atomic mass is 10.0. The van der Waals surface area contributed by atoms with Gasteiger partial charge in [0, 0.05) is 12.0 Å². The summed E-state index contributed by atoms with van der Waals surface area (Å²) >= 11 is 0. The van der Waals surface area contributed by atoms with Crippen LogP contribution in [-0.2, 0) is 0 Å². The average molecular weight is 228 g/mol. The summed E-state index contributed by atoms with van der Waals surface area (Å²) in [6, 6.07) is 6.35. The molecule has 0 radical (unpaired) electrons. The Balaban J connectivity index is 2.36. The normalized spacial score (nSPS) is 9.82. The van der Waals surface area contributed by atoms with Gasteiger partial charge in [0.05, 0.1) is 0 Å². The van der Waals surface area contributed by atoms with Crippen LogP contribution in [0.25, 0.3) is 0 Å². The zero-order valence-corrected chi connectivity index (χ0v) is 11.5. The van der Waals surface area contributed by atoms with E-state index < -0.39 is 0 Å². The first-order chi connectivity index (χ1) is 8.25. The molecule has 0 spiro atoms. The molecule has 0 aliphatic carbocycles. The Labute approximate surface area is 106 Å². The summed E-state index contributed by atoms with van der Waals surface area (Å²) in [4.78, 5) is 0. The summed E-state index contributed by atoms with van der Waals surface area (Å²) in [6.07, 6.45) is 7.66. The van der Waals surface area contributed by atoms with E-state index >= 15 is 0 Å². The topological polar surface area (TPSA) is 0 Å². The maximum absolute atomic E-state index is 3.30. The summed E-state index contributed by atoms with van der Waals surface area (Å²) in [6.45, 7) is 6.55. The predicted molar refractivity (Wildman–Crippen MR) is 76.2 cm³/mol. The minimum absolute atomic E-state index is 1.04. The van der Waals surface area contributed by atoms with E-state index in [1.54, 1.807) is 0 Å². The molecule has 0 atom stereocenters. The average Bonchev–Trinajstić information content (AvgIpc) is 2.33. The molecule has 0 nitrogen and oxygen atoms in total. The molecule has 0 saturated heterocycles. The van der Waals surface area contributed by atoms with Gasteiger partial charge in [0.2, 0.25) is 0 Å². The van der Waals surface area contributed by atoms with E-state index in [1.165, 1.54) is 48.8 Å². The van der Waals surface area contributed by atoms with Crippen LogP contribution in [0.1, 0.15) is 62.1 Å². The van der Waals surface area contributed by atoms with Crippen molar-refractivity contribution in [1.82, 2.24) is 0 Å². The van der Waals surface area contributed by atoms with Gasteiger partial charge >= 0.3 is 0 Å². The fourth-order valence-electron chi connectivity index (χ4n) is 1.86. The minimum Gasteiger partial charge on any atom is -0.0979 e. The second-order valence-electron chi connectivity index (χ2n) is 4.71. The van der Waals surface area contributed by atoms with Crippen LogP contribution in [0, 0.1) is 25.7 Å². The molecule has 0 N–H and O–H groups in total. The molecule has 0 fully saturated rings. The third-order valence-electron chi connectivity index (χ3n) is 3.23. The molecule has 1 aromatic rings. The van der Waals surface area contributed by atoms with Gasteiger partial charge in [-0.25, -0.2) is 0 Å². The number of aryl methyl sites for hydroxylation is 1. The quantitative estimate of drug-likeness (QED) is 0.490. The van der Waals surface area contributed by atoms with Gasteiger partial charge in [-0.1, -0.05) is 56.6 Å². The van der Waals surface area contributed by atoms with Gasteiger partial charge in [-0.05, 0) is 37.5 Å². The molecule has 0 aromatic heterocycles. The number of hydrogen-bond acceptors (Lipinski definition) is 0. The van der Waals surface area contributed by atoms with E-state index in [9.17, 15) is 0 Å². The fraction of sp³-hybridized carbons (Fsp3) is 0.529.